The standard InChI is InChI=1S/C38H52O2S8/c1-3-5-7-9-11-13-15-17-23-41-33-34(42-24-18-16-14-12-10-8-6-4-2)46-37(45-33)38-47-35-36(48-38)44-32-26-20-19-25(31(32)43-35)29-27(39)21-22-28(40)30(26)29/h21-22,25-26,31-32H,3-20,23-24H2,1-2H3/t25-,26+,31+,32-. The van der Waals surface area contributed by atoms with E-state index < -0.39 is 0 Å². The molecule has 0 spiro atoms. The van der Waals surface area contributed by atoms with Crippen LogP contribution in [0.2, 0.25) is 0 Å². The minimum absolute atomic E-state index is 0.0956. The molecule has 0 aromatic heterocycles. The lowest BCUT2D eigenvalue weighted by molar-refractivity contribution is -0.116. The summed E-state index contributed by atoms with van der Waals surface area (Å²) in [4.78, 5) is 25.9. The maximum Gasteiger partial charge on any atom is 0.182 e. The first-order valence-corrected chi connectivity index (χ1v) is 25.6. The first kappa shape index (κ1) is 38.6. The van der Waals surface area contributed by atoms with E-state index in [2.05, 4.69) is 37.4 Å². The van der Waals surface area contributed by atoms with Crippen molar-refractivity contribution in [3.05, 3.63) is 48.7 Å². The van der Waals surface area contributed by atoms with Crippen LogP contribution in [0.5, 0.6) is 0 Å². The van der Waals surface area contributed by atoms with Gasteiger partial charge in [-0.05, 0) is 49.3 Å². The Balaban J connectivity index is 1.03. The number of carbonyl (C=O) groups excluding carboxylic acids is 2. The van der Waals surface area contributed by atoms with E-state index in [1.807, 2.05) is 70.6 Å². The van der Waals surface area contributed by atoms with E-state index >= 15 is 0 Å². The number of hydrogen-bond acceptors (Lipinski definition) is 10. The van der Waals surface area contributed by atoms with Crippen molar-refractivity contribution < 1.29 is 9.59 Å². The minimum atomic E-state index is 0.0956. The molecule has 0 aromatic carbocycles. The maximum absolute atomic E-state index is 12.9. The van der Waals surface area contributed by atoms with Crippen molar-refractivity contribution in [2.24, 2.45) is 11.8 Å². The summed E-state index contributed by atoms with van der Waals surface area (Å²) >= 11 is 16.4. The zero-order chi connectivity index (χ0) is 33.3. The number of allylic oxidation sites excluding steroid dienone is 4. The van der Waals surface area contributed by atoms with Crippen molar-refractivity contribution in [2.75, 3.05) is 11.5 Å². The van der Waals surface area contributed by atoms with Gasteiger partial charge in [-0.25, -0.2) is 0 Å². The van der Waals surface area contributed by atoms with Crippen LogP contribution in [-0.2, 0) is 9.59 Å². The third-order valence-electron chi connectivity index (χ3n) is 10.0. The SMILES string of the molecule is CCCCCCCCCCSC1=C(SCCCCCCCCCC)SC(=C2SC3=C(S2)S[C@H]2[C@@H](S3)[C@@H]3CC[C@H]2C2=C3C(=O)C=CC2=O)S1. The van der Waals surface area contributed by atoms with Gasteiger partial charge in [-0.2, -0.15) is 0 Å². The quantitative estimate of drug-likeness (QED) is 0.0877. The van der Waals surface area contributed by atoms with E-state index in [0.717, 1.165) is 24.0 Å². The third kappa shape index (κ3) is 9.68. The van der Waals surface area contributed by atoms with E-state index in [1.54, 1.807) is 8.47 Å². The Morgan fingerprint density at radius 3 is 1.31 bits per heavy atom. The van der Waals surface area contributed by atoms with Crippen LogP contribution in [0, 0.1) is 11.8 Å². The number of thioether (sulfide) groups is 8. The second kappa shape index (κ2) is 19.8. The second-order valence-corrected chi connectivity index (χ2v) is 23.8. The minimum Gasteiger partial charge on any atom is -0.290 e. The number of hydrogen-bond donors (Lipinski definition) is 0. The highest BCUT2D eigenvalue weighted by Crippen LogP contribution is 2.71. The van der Waals surface area contributed by atoms with Crippen LogP contribution in [-0.4, -0.2) is 33.6 Å². The molecule has 1 saturated carbocycles. The second-order valence-electron chi connectivity index (χ2n) is 13.6. The number of rotatable bonds is 20. The van der Waals surface area contributed by atoms with Crippen LogP contribution in [0.1, 0.15) is 129 Å². The maximum atomic E-state index is 12.9. The molecule has 2 bridgehead atoms. The zero-order valence-corrected chi connectivity index (χ0v) is 35.2. The lowest BCUT2D eigenvalue weighted by atomic mass is 9.63. The normalized spacial score (nSPS) is 26.4. The van der Waals surface area contributed by atoms with Crippen LogP contribution in [0.25, 0.3) is 0 Å². The van der Waals surface area contributed by atoms with Gasteiger partial charge in [-0.1, -0.05) is 151 Å². The van der Waals surface area contributed by atoms with Crippen LogP contribution < -0.4 is 0 Å². The third-order valence-corrected chi connectivity index (χ3v) is 22.7. The molecule has 0 amide bonds. The predicted octanol–water partition coefficient (Wildman–Crippen LogP) is 14.3. The van der Waals surface area contributed by atoms with Crippen LogP contribution in [0.15, 0.2) is 48.7 Å². The fourth-order valence-corrected chi connectivity index (χ4v) is 21.0. The van der Waals surface area contributed by atoms with Gasteiger partial charge in [0.25, 0.3) is 0 Å². The molecule has 4 aliphatic carbocycles. The molecule has 0 N–H and O–H groups in total. The van der Waals surface area contributed by atoms with E-state index in [1.165, 1.54) is 143 Å². The fraction of sp³-hybridized carbons (Fsp3) is 0.684. The average molecular weight is 797 g/mol. The largest absolute Gasteiger partial charge is 0.290 e. The molecule has 0 aromatic rings. The van der Waals surface area contributed by atoms with Gasteiger partial charge in [0.15, 0.2) is 11.6 Å². The van der Waals surface area contributed by atoms with E-state index in [0.29, 0.717) is 10.5 Å². The van der Waals surface area contributed by atoms with E-state index in [-0.39, 0.29) is 23.4 Å². The van der Waals surface area contributed by atoms with Gasteiger partial charge in [0.2, 0.25) is 0 Å². The van der Waals surface area contributed by atoms with Crippen LogP contribution >= 0.6 is 94.1 Å². The molecule has 4 atom stereocenters. The Hall–Kier alpha value is 0.840. The Bertz CT molecular complexity index is 1250. The molecule has 0 radical (unpaired) electrons. The summed E-state index contributed by atoms with van der Waals surface area (Å²) in [7, 11) is 0. The number of fused-ring (bicyclic) bond motifs is 1. The van der Waals surface area contributed by atoms with Crippen molar-refractivity contribution in [3.8, 4) is 0 Å². The summed E-state index contributed by atoms with van der Waals surface area (Å²) in [6.07, 6.45) is 27.2. The van der Waals surface area contributed by atoms with Crippen molar-refractivity contribution in [3.63, 3.8) is 0 Å². The molecule has 0 unspecified atom stereocenters. The highest BCUT2D eigenvalue weighted by atomic mass is 32.3. The molecule has 3 heterocycles. The first-order chi connectivity index (χ1) is 23.6. The summed E-state index contributed by atoms with van der Waals surface area (Å²) in [5.41, 5.74) is 1.74. The number of unbranched alkanes of at least 4 members (excludes halogenated alkanes) is 14. The number of carbonyl (C=O) groups is 2. The van der Waals surface area contributed by atoms with Crippen LogP contribution in [0.3, 0.4) is 0 Å². The molecule has 1 fully saturated rings. The monoisotopic (exact) mass is 796 g/mol. The Morgan fingerprint density at radius 1 is 0.521 bits per heavy atom. The van der Waals surface area contributed by atoms with E-state index in [4.69, 9.17) is 0 Å². The Kier molecular flexibility index (Phi) is 15.9. The summed E-state index contributed by atoms with van der Waals surface area (Å²) < 4.78 is 8.94. The molecule has 10 heteroatoms. The van der Waals surface area contributed by atoms with Gasteiger partial charge in [0.1, 0.15) is 0 Å². The lowest BCUT2D eigenvalue weighted by Crippen LogP contribution is -2.50. The average Bonchev–Trinajstić information content (AvgIpc) is 3.71. The Labute approximate surface area is 324 Å². The number of ketones is 2. The molecular weight excluding hydrogens is 745 g/mol. The molecule has 7 rings (SSSR count). The highest BCUT2D eigenvalue weighted by Gasteiger charge is 2.55. The molecule has 2 nitrogen and oxygen atoms in total. The van der Waals surface area contributed by atoms with Crippen molar-refractivity contribution in [1.82, 2.24) is 0 Å². The summed E-state index contributed by atoms with van der Waals surface area (Å²) in [5, 5.41) is 0.814. The van der Waals surface area contributed by atoms with Gasteiger partial charge >= 0.3 is 0 Å². The van der Waals surface area contributed by atoms with Gasteiger partial charge in [-0.15, -0.1) is 47.0 Å². The summed E-state index contributed by atoms with van der Waals surface area (Å²) in [6, 6.07) is 0. The smallest absolute Gasteiger partial charge is 0.182 e. The molecule has 48 heavy (non-hydrogen) atoms. The topological polar surface area (TPSA) is 34.1 Å². The molecule has 3 aliphatic heterocycles. The summed E-state index contributed by atoms with van der Waals surface area (Å²) in [6.45, 7) is 4.60. The zero-order valence-electron chi connectivity index (χ0n) is 28.7. The molecule has 0 saturated heterocycles. The van der Waals surface area contributed by atoms with Gasteiger partial charge in [-0.3, -0.25) is 9.59 Å². The van der Waals surface area contributed by atoms with Gasteiger partial charge in [0.05, 0.1) is 25.4 Å². The van der Waals surface area contributed by atoms with Crippen molar-refractivity contribution >= 4 is 106 Å². The van der Waals surface area contributed by atoms with E-state index in [9.17, 15) is 9.59 Å². The highest BCUT2D eigenvalue weighted by molar-refractivity contribution is 8.45. The first-order valence-electron chi connectivity index (χ1n) is 18.6. The van der Waals surface area contributed by atoms with Crippen molar-refractivity contribution in [1.29, 1.82) is 0 Å². The molecule has 264 valence electrons. The fourth-order valence-electron chi connectivity index (χ4n) is 7.50. The molecular formula is C38H52O2S8. The molecule has 7 aliphatic rings. The predicted molar refractivity (Wildman–Crippen MR) is 227 cm³/mol. The van der Waals surface area contributed by atoms with Crippen LogP contribution in [0.4, 0.5) is 0 Å². The lowest BCUT2D eigenvalue weighted by Gasteiger charge is -2.51. The van der Waals surface area contributed by atoms with Gasteiger partial charge in [0, 0.05) is 33.5 Å². The summed E-state index contributed by atoms with van der Waals surface area (Å²) in [5.74, 6) is 3.11. The van der Waals surface area contributed by atoms with Gasteiger partial charge < -0.3 is 0 Å². The van der Waals surface area contributed by atoms with Crippen molar-refractivity contribution in [2.45, 2.75) is 140 Å². The Morgan fingerprint density at radius 2 is 0.896 bits per heavy atom.